The van der Waals surface area contributed by atoms with Gasteiger partial charge in [-0.3, -0.25) is 4.79 Å². The van der Waals surface area contributed by atoms with E-state index in [2.05, 4.69) is 0 Å². The standard InChI is InChI=1S/C10H12F3NO3/c11-10(12,13)6(15)14-9(7(16)17)4-8(5-9)2-1-3-8/h1-5H2,(H,14,15)(H,16,17). The van der Waals surface area contributed by atoms with Crippen LogP contribution in [0.2, 0.25) is 0 Å². The zero-order chi connectivity index (χ0) is 12.9. The fourth-order valence-corrected chi connectivity index (χ4v) is 2.84. The third kappa shape index (κ3) is 1.87. The molecule has 4 nitrogen and oxygen atoms in total. The van der Waals surface area contributed by atoms with Crippen molar-refractivity contribution in [1.82, 2.24) is 5.32 Å². The Morgan fingerprint density at radius 2 is 1.71 bits per heavy atom. The van der Waals surface area contributed by atoms with E-state index in [1.165, 1.54) is 0 Å². The van der Waals surface area contributed by atoms with Crippen LogP contribution in [0.4, 0.5) is 13.2 Å². The minimum absolute atomic E-state index is 0.108. The van der Waals surface area contributed by atoms with Crippen LogP contribution in [0, 0.1) is 5.41 Å². The Kier molecular flexibility index (Phi) is 2.41. The topological polar surface area (TPSA) is 66.4 Å². The van der Waals surface area contributed by atoms with Crippen LogP contribution in [-0.4, -0.2) is 28.7 Å². The predicted molar refractivity (Wildman–Crippen MR) is 50.1 cm³/mol. The van der Waals surface area contributed by atoms with Crippen LogP contribution in [0.1, 0.15) is 32.1 Å². The first kappa shape index (κ1) is 12.2. The maximum Gasteiger partial charge on any atom is 0.471 e. The Hall–Kier alpha value is -1.27. The minimum atomic E-state index is -5.04. The van der Waals surface area contributed by atoms with E-state index < -0.39 is 23.6 Å². The van der Waals surface area contributed by atoms with Gasteiger partial charge in [-0.2, -0.15) is 13.2 Å². The quantitative estimate of drug-likeness (QED) is 0.780. The van der Waals surface area contributed by atoms with Gasteiger partial charge in [-0.15, -0.1) is 0 Å². The molecule has 2 aliphatic rings. The van der Waals surface area contributed by atoms with Gasteiger partial charge in [0.25, 0.3) is 0 Å². The number of carboxylic acids is 1. The fraction of sp³-hybridized carbons (Fsp3) is 0.800. The highest BCUT2D eigenvalue weighted by atomic mass is 19.4. The highest BCUT2D eigenvalue weighted by Gasteiger charge is 2.63. The van der Waals surface area contributed by atoms with Gasteiger partial charge in [0.1, 0.15) is 5.54 Å². The number of hydrogen-bond donors (Lipinski definition) is 2. The number of carboxylic acid groups (broad SMARTS) is 1. The summed E-state index contributed by atoms with van der Waals surface area (Å²) in [6.07, 6.45) is -2.17. The molecule has 0 bridgehead atoms. The average Bonchev–Trinajstić information content (AvgIpc) is 2.04. The summed E-state index contributed by atoms with van der Waals surface area (Å²) in [6, 6.07) is 0. The van der Waals surface area contributed by atoms with Gasteiger partial charge >= 0.3 is 18.1 Å². The summed E-state index contributed by atoms with van der Waals surface area (Å²) in [7, 11) is 0. The fourth-order valence-electron chi connectivity index (χ4n) is 2.84. The van der Waals surface area contributed by atoms with Crippen LogP contribution in [0.25, 0.3) is 0 Å². The lowest BCUT2D eigenvalue weighted by molar-refractivity contribution is -0.186. The highest BCUT2D eigenvalue weighted by Crippen LogP contribution is 2.60. The van der Waals surface area contributed by atoms with Crippen molar-refractivity contribution in [2.45, 2.75) is 43.8 Å². The number of alkyl halides is 3. The normalized spacial score (nSPS) is 24.6. The van der Waals surface area contributed by atoms with Crippen molar-refractivity contribution < 1.29 is 27.9 Å². The molecule has 1 amide bonds. The van der Waals surface area contributed by atoms with Gasteiger partial charge in [0.15, 0.2) is 0 Å². The van der Waals surface area contributed by atoms with Gasteiger partial charge in [-0.05, 0) is 31.1 Å². The van der Waals surface area contributed by atoms with Crippen molar-refractivity contribution in [2.24, 2.45) is 5.41 Å². The van der Waals surface area contributed by atoms with Gasteiger partial charge in [0, 0.05) is 0 Å². The molecule has 0 heterocycles. The van der Waals surface area contributed by atoms with Crippen molar-refractivity contribution in [3.05, 3.63) is 0 Å². The third-order valence-electron chi connectivity index (χ3n) is 3.79. The number of carbonyl (C=O) groups excluding carboxylic acids is 1. The first-order valence-corrected chi connectivity index (χ1v) is 5.32. The van der Waals surface area contributed by atoms with Crippen molar-refractivity contribution >= 4 is 11.9 Å². The van der Waals surface area contributed by atoms with E-state index in [-0.39, 0.29) is 18.3 Å². The molecular weight excluding hydrogens is 239 g/mol. The summed E-state index contributed by atoms with van der Waals surface area (Å²) >= 11 is 0. The van der Waals surface area contributed by atoms with Crippen LogP contribution in [-0.2, 0) is 9.59 Å². The van der Waals surface area contributed by atoms with E-state index in [1.807, 2.05) is 0 Å². The molecular formula is C10H12F3NO3. The summed E-state index contributed by atoms with van der Waals surface area (Å²) in [5.74, 6) is -3.55. The highest BCUT2D eigenvalue weighted by molar-refractivity contribution is 5.90. The molecule has 17 heavy (non-hydrogen) atoms. The Balaban J connectivity index is 2.05. The van der Waals surface area contributed by atoms with Crippen molar-refractivity contribution in [3.63, 3.8) is 0 Å². The molecule has 2 rings (SSSR count). The summed E-state index contributed by atoms with van der Waals surface area (Å²) in [5.41, 5.74) is -1.86. The van der Waals surface area contributed by atoms with Crippen molar-refractivity contribution in [2.75, 3.05) is 0 Å². The molecule has 2 aliphatic carbocycles. The van der Waals surface area contributed by atoms with Crippen LogP contribution in [0.3, 0.4) is 0 Å². The molecule has 1 spiro atoms. The lowest BCUT2D eigenvalue weighted by atomic mass is 9.48. The summed E-state index contributed by atoms with van der Waals surface area (Å²) in [6.45, 7) is 0. The molecule has 2 N–H and O–H groups in total. The van der Waals surface area contributed by atoms with E-state index in [4.69, 9.17) is 5.11 Å². The number of rotatable bonds is 2. The zero-order valence-corrected chi connectivity index (χ0v) is 8.93. The van der Waals surface area contributed by atoms with Crippen LogP contribution in [0.15, 0.2) is 0 Å². The van der Waals surface area contributed by atoms with Gasteiger partial charge in [0.2, 0.25) is 0 Å². The summed E-state index contributed by atoms with van der Waals surface area (Å²) < 4.78 is 36.3. The Morgan fingerprint density at radius 1 is 1.18 bits per heavy atom. The number of carbonyl (C=O) groups is 2. The smallest absolute Gasteiger partial charge is 0.471 e. The zero-order valence-electron chi connectivity index (χ0n) is 8.93. The predicted octanol–water partition coefficient (Wildman–Crippen LogP) is 1.45. The maximum absolute atomic E-state index is 12.1. The second kappa shape index (κ2) is 3.36. The monoisotopic (exact) mass is 251 g/mol. The first-order valence-electron chi connectivity index (χ1n) is 5.32. The van der Waals surface area contributed by atoms with E-state index in [0.29, 0.717) is 0 Å². The van der Waals surface area contributed by atoms with Crippen molar-refractivity contribution in [1.29, 1.82) is 0 Å². The van der Waals surface area contributed by atoms with Gasteiger partial charge in [-0.1, -0.05) is 6.42 Å². The van der Waals surface area contributed by atoms with E-state index in [9.17, 15) is 22.8 Å². The average molecular weight is 251 g/mol. The molecule has 0 aromatic heterocycles. The molecule has 96 valence electrons. The number of halogens is 3. The molecule has 0 atom stereocenters. The second-order valence-corrected chi connectivity index (χ2v) is 5.05. The molecule has 2 saturated carbocycles. The number of aliphatic carboxylic acids is 1. The second-order valence-electron chi connectivity index (χ2n) is 5.05. The van der Waals surface area contributed by atoms with Crippen LogP contribution >= 0.6 is 0 Å². The van der Waals surface area contributed by atoms with Gasteiger partial charge in [-0.25, -0.2) is 4.79 Å². The molecule has 2 fully saturated rings. The number of amides is 1. The molecule has 0 aliphatic heterocycles. The van der Waals surface area contributed by atoms with Gasteiger partial charge < -0.3 is 10.4 Å². The molecule has 0 saturated heterocycles. The number of nitrogens with one attached hydrogen (secondary N) is 1. The lowest BCUT2D eigenvalue weighted by Gasteiger charge is -2.58. The van der Waals surface area contributed by atoms with E-state index in [0.717, 1.165) is 19.3 Å². The summed E-state index contributed by atoms with van der Waals surface area (Å²) in [5, 5.41) is 10.6. The Bertz CT molecular complexity index is 365. The van der Waals surface area contributed by atoms with Crippen molar-refractivity contribution in [3.8, 4) is 0 Å². The molecule has 0 radical (unpaired) electrons. The molecule has 0 unspecified atom stereocenters. The SMILES string of the molecule is O=C(NC1(C(=O)O)CC2(CCC2)C1)C(F)(F)F. The van der Waals surface area contributed by atoms with Gasteiger partial charge in [0.05, 0.1) is 0 Å². The summed E-state index contributed by atoms with van der Waals surface area (Å²) in [4.78, 5) is 21.8. The number of hydrogen-bond acceptors (Lipinski definition) is 2. The van der Waals surface area contributed by atoms with Crippen LogP contribution < -0.4 is 5.32 Å². The largest absolute Gasteiger partial charge is 0.480 e. The lowest BCUT2D eigenvalue weighted by Crippen LogP contribution is -2.69. The molecule has 0 aromatic rings. The van der Waals surface area contributed by atoms with Crippen LogP contribution in [0.5, 0.6) is 0 Å². The Morgan fingerprint density at radius 3 is 2.00 bits per heavy atom. The first-order chi connectivity index (χ1) is 7.69. The minimum Gasteiger partial charge on any atom is -0.480 e. The third-order valence-corrected chi connectivity index (χ3v) is 3.79. The van der Waals surface area contributed by atoms with E-state index >= 15 is 0 Å². The van der Waals surface area contributed by atoms with E-state index in [1.54, 1.807) is 5.32 Å². The molecule has 7 heteroatoms. The Labute approximate surface area is 95.2 Å². The molecule has 0 aromatic carbocycles. The maximum atomic E-state index is 12.1.